The highest BCUT2D eigenvalue weighted by atomic mass is 16.4. The first-order valence-electron chi connectivity index (χ1n) is 10.4. The number of hydrogen-bond acceptors (Lipinski definition) is 7. The summed E-state index contributed by atoms with van der Waals surface area (Å²) < 4.78 is 5.56. The van der Waals surface area contributed by atoms with Crippen molar-refractivity contribution in [3.05, 3.63) is 42.3 Å². The third kappa shape index (κ3) is 3.73. The van der Waals surface area contributed by atoms with Crippen LogP contribution >= 0.6 is 0 Å². The molecule has 4 aromatic heterocycles. The summed E-state index contributed by atoms with van der Waals surface area (Å²) >= 11 is 0. The lowest BCUT2D eigenvalue weighted by Crippen LogP contribution is -2.44. The normalized spacial score (nSPS) is 17.3. The summed E-state index contributed by atoms with van der Waals surface area (Å²) in [4.78, 5) is 20.8. The predicted molar refractivity (Wildman–Crippen MR) is 119 cm³/mol. The molecule has 5 rings (SSSR count). The molecule has 7 heteroatoms. The van der Waals surface area contributed by atoms with Crippen LogP contribution < -0.4 is 10.2 Å². The minimum Gasteiger partial charge on any atom is -0.423 e. The van der Waals surface area contributed by atoms with Crippen molar-refractivity contribution in [1.29, 1.82) is 0 Å². The van der Waals surface area contributed by atoms with Gasteiger partial charge >= 0.3 is 0 Å². The highest BCUT2D eigenvalue weighted by Crippen LogP contribution is 2.25. The zero-order chi connectivity index (χ0) is 20.9. The van der Waals surface area contributed by atoms with Gasteiger partial charge in [0.05, 0.1) is 22.4 Å². The van der Waals surface area contributed by atoms with Crippen LogP contribution in [0.3, 0.4) is 0 Å². The number of rotatable bonds is 3. The molecule has 4 aromatic rings. The molecule has 0 amide bonds. The minimum atomic E-state index is 0.124. The van der Waals surface area contributed by atoms with Gasteiger partial charge in [-0.2, -0.15) is 0 Å². The van der Waals surface area contributed by atoms with Gasteiger partial charge in [0.2, 0.25) is 5.71 Å². The highest BCUT2D eigenvalue weighted by molar-refractivity contribution is 5.80. The maximum atomic E-state index is 5.56. The molecule has 0 bridgehead atoms. The fourth-order valence-corrected chi connectivity index (χ4v) is 4.08. The van der Waals surface area contributed by atoms with Gasteiger partial charge in [0, 0.05) is 31.6 Å². The van der Waals surface area contributed by atoms with Crippen molar-refractivity contribution in [3.8, 4) is 11.4 Å². The lowest BCUT2D eigenvalue weighted by atomic mass is 10.1. The lowest BCUT2D eigenvalue weighted by Gasteiger charge is -2.26. The van der Waals surface area contributed by atoms with Crippen molar-refractivity contribution in [2.75, 3.05) is 18.0 Å². The Morgan fingerprint density at radius 1 is 0.900 bits per heavy atom. The fraction of sp³-hybridized carbons (Fsp3) is 0.391. The number of aryl methyl sites for hydroxylation is 1. The maximum Gasteiger partial charge on any atom is 0.247 e. The van der Waals surface area contributed by atoms with Crippen LogP contribution in [0.5, 0.6) is 0 Å². The fourth-order valence-electron chi connectivity index (χ4n) is 4.08. The number of aromatic nitrogens is 4. The Bertz CT molecular complexity index is 1230. The van der Waals surface area contributed by atoms with Crippen LogP contribution in [0.25, 0.3) is 33.7 Å². The number of anilines is 1. The van der Waals surface area contributed by atoms with Crippen molar-refractivity contribution in [1.82, 2.24) is 25.3 Å². The number of fused-ring (bicyclic) bond motifs is 2. The Morgan fingerprint density at radius 2 is 1.60 bits per heavy atom. The number of nitrogens with zero attached hydrogens (tertiary/aromatic N) is 5. The van der Waals surface area contributed by atoms with Crippen molar-refractivity contribution in [2.45, 2.75) is 45.7 Å². The van der Waals surface area contributed by atoms with Gasteiger partial charge in [-0.1, -0.05) is 0 Å². The molecule has 1 N–H and O–H groups in total. The highest BCUT2D eigenvalue weighted by Gasteiger charge is 2.26. The van der Waals surface area contributed by atoms with E-state index >= 15 is 0 Å². The molecule has 1 atom stereocenters. The van der Waals surface area contributed by atoms with E-state index in [9.17, 15) is 0 Å². The molecule has 7 nitrogen and oxygen atoms in total. The Kier molecular flexibility index (Phi) is 4.43. The van der Waals surface area contributed by atoms with Gasteiger partial charge in [-0.3, -0.25) is 0 Å². The quantitative estimate of drug-likeness (QED) is 0.552. The van der Waals surface area contributed by atoms with Gasteiger partial charge in [-0.05, 0) is 63.6 Å². The van der Waals surface area contributed by atoms with E-state index in [-0.39, 0.29) is 5.54 Å². The van der Waals surface area contributed by atoms with Gasteiger partial charge in [0.1, 0.15) is 11.3 Å². The number of nitrogens with one attached hydrogen (secondary N) is 1. The zero-order valence-electron chi connectivity index (χ0n) is 17.8. The molecule has 0 spiro atoms. The van der Waals surface area contributed by atoms with E-state index in [1.807, 2.05) is 37.3 Å². The SMILES string of the molecule is Cc1nc2ccc(-c3ccc4nc(N5CCC(NC(C)(C)C)C5)ccc4n3)nc2o1. The van der Waals surface area contributed by atoms with E-state index in [0.29, 0.717) is 17.6 Å². The molecule has 0 saturated carbocycles. The Morgan fingerprint density at radius 3 is 2.40 bits per heavy atom. The molecule has 1 unspecified atom stereocenters. The second-order valence-electron chi connectivity index (χ2n) is 8.98. The Balaban J connectivity index is 1.40. The maximum absolute atomic E-state index is 5.56. The second-order valence-corrected chi connectivity index (χ2v) is 8.98. The Hall–Kier alpha value is -3.06. The first kappa shape index (κ1) is 18.9. The Labute approximate surface area is 175 Å². The largest absolute Gasteiger partial charge is 0.423 e. The van der Waals surface area contributed by atoms with Gasteiger partial charge in [-0.15, -0.1) is 0 Å². The van der Waals surface area contributed by atoms with Crippen LogP contribution in [0.4, 0.5) is 5.82 Å². The summed E-state index contributed by atoms with van der Waals surface area (Å²) in [7, 11) is 0. The molecule has 1 saturated heterocycles. The topological polar surface area (TPSA) is 80.0 Å². The molecule has 0 aliphatic carbocycles. The van der Waals surface area contributed by atoms with Gasteiger partial charge < -0.3 is 14.6 Å². The van der Waals surface area contributed by atoms with Crippen LogP contribution in [0.1, 0.15) is 33.1 Å². The molecule has 154 valence electrons. The van der Waals surface area contributed by atoms with Crippen molar-refractivity contribution in [3.63, 3.8) is 0 Å². The molecule has 30 heavy (non-hydrogen) atoms. The third-order valence-electron chi connectivity index (χ3n) is 5.30. The molecule has 0 aromatic carbocycles. The van der Waals surface area contributed by atoms with E-state index in [1.165, 1.54) is 0 Å². The first-order valence-corrected chi connectivity index (χ1v) is 10.4. The average Bonchev–Trinajstić information content (AvgIpc) is 3.30. The van der Waals surface area contributed by atoms with E-state index < -0.39 is 0 Å². The zero-order valence-corrected chi connectivity index (χ0v) is 17.8. The lowest BCUT2D eigenvalue weighted by molar-refractivity contribution is 0.373. The number of hydrogen-bond donors (Lipinski definition) is 1. The molecule has 1 fully saturated rings. The van der Waals surface area contributed by atoms with Crippen LogP contribution in [0.2, 0.25) is 0 Å². The summed E-state index contributed by atoms with van der Waals surface area (Å²) in [6.45, 7) is 10.4. The summed E-state index contributed by atoms with van der Waals surface area (Å²) in [6.07, 6.45) is 1.13. The molecule has 1 aliphatic rings. The van der Waals surface area contributed by atoms with Crippen molar-refractivity contribution < 1.29 is 4.42 Å². The molecule has 1 aliphatic heterocycles. The molecule has 5 heterocycles. The summed E-state index contributed by atoms with van der Waals surface area (Å²) in [5.74, 6) is 1.62. The second kappa shape index (κ2) is 7.02. The standard InChI is InChI=1S/C23H26N6O/c1-14-24-20-8-7-19(27-22(20)30-14)16-5-6-18-17(25-16)9-10-21(26-18)29-12-11-15(13-29)28-23(2,3)4/h5-10,15,28H,11-13H2,1-4H3. The van der Waals surface area contributed by atoms with E-state index in [1.54, 1.807) is 0 Å². The van der Waals surface area contributed by atoms with Gasteiger partial charge in [0.15, 0.2) is 5.89 Å². The van der Waals surface area contributed by atoms with Crippen LogP contribution in [0, 0.1) is 6.92 Å². The summed E-state index contributed by atoms with van der Waals surface area (Å²) in [6, 6.07) is 12.4. The molecule has 0 radical (unpaired) electrons. The average molecular weight is 403 g/mol. The minimum absolute atomic E-state index is 0.124. The van der Waals surface area contributed by atoms with Crippen LogP contribution in [-0.2, 0) is 0 Å². The third-order valence-corrected chi connectivity index (χ3v) is 5.30. The predicted octanol–water partition coefficient (Wildman–Crippen LogP) is 4.11. The molecular formula is C23H26N6O. The number of oxazole rings is 1. The first-order chi connectivity index (χ1) is 14.3. The van der Waals surface area contributed by atoms with Crippen LogP contribution in [-0.4, -0.2) is 44.6 Å². The smallest absolute Gasteiger partial charge is 0.247 e. The van der Waals surface area contributed by atoms with Crippen molar-refractivity contribution in [2.24, 2.45) is 0 Å². The molecular weight excluding hydrogens is 376 g/mol. The van der Waals surface area contributed by atoms with E-state index in [0.717, 1.165) is 53.3 Å². The summed E-state index contributed by atoms with van der Waals surface area (Å²) in [5.41, 5.74) is 4.72. The van der Waals surface area contributed by atoms with Gasteiger partial charge in [-0.25, -0.2) is 19.9 Å². The number of pyridine rings is 3. The monoisotopic (exact) mass is 402 g/mol. The van der Waals surface area contributed by atoms with Crippen molar-refractivity contribution >= 4 is 28.1 Å². The van der Waals surface area contributed by atoms with Gasteiger partial charge in [0.25, 0.3) is 0 Å². The van der Waals surface area contributed by atoms with E-state index in [2.05, 4.69) is 47.0 Å². The summed E-state index contributed by atoms with van der Waals surface area (Å²) in [5, 5.41) is 3.69. The van der Waals surface area contributed by atoms with E-state index in [4.69, 9.17) is 14.4 Å². The van der Waals surface area contributed by atoms with Crippen LogP contribution in [0.15, 0.2) is 40.8 Å².